The molecular weight excluding hydrogens is 490 g/mol. The molecule has 196 valence electrons. The van der Waals surface area contributed by atoms with E-state index in [4.69, 9.17) is 14.2 Å². The van der Waals surface area contributed by atoms with Crippen LogP contribution in [0.25, 0.3) is 0 Å². The number of methoxy groups -OCH3 is 2. The molecule has 1 amide bonds. The van der Waals surface area contributed by atoms with E-state index in [0.717, 1.165) is 16.7 Å². The van der Waals surface area contributed by atoms with Gasteiger partial charge in [-0.1, -0.05) is 35.9 Å². The molecule has 8 heteroatoms. The number of likely N-dealkylation sites (tertiary alicyclic amines) is 1. The Morgan fingerprint density at radius 3 is 2.35 bits per heavy atom. The molecule has 0 aromatic heterocycles. The summed E-state index contributed by atoms with van der Waals surface area (Å²) in [4.78, 5) is 15.2. The van der Waals surface area contributed by atoms with E-state index in [2.05, 4.69) is 0 Å². The number of amides is 1. The van der Waals surface area contributed by atoms with Crippen molar-refractivity contribution in [2.24, 2.45) is 0 Å². The van der Waals surface area contributed by atoms with Gasteiger partial charge in [0.05, 0.1) is 26.0 Å². The highest BCUT2D eigenvalue weighted by atomic mass is 32.2. The SMILES string of the molecule is COc1ccccc1S(=O)(=O)Cc1cc(OC2CN(C(=O)c3cc(C)ccc3C)CC2OC)ccc1C. The van der Waals surface area contributed by atoms with Gasteiger partial charge in [0.25, 0.3) is 5.91 Å². The van der Waals surface area contributed by atoms with Crippen LogP contribution in [-0.2, 0) is 20.3 Å². The fourth-order valence-corrected chi connectivity index (χ4v) is 6.22. The quantitative estimate of drug-likeness (QED) is 0.432. The molecule has 7 nitrogen and oxygen atoms in total. The van der Waals surface area contributed by atoms with Crippen molar-refractivity contribution in [2.45, 2.75) is 43.6 Å². The van der Waals surface area contributed by atoms with E-state index in [0.29, 0.717) is 35.7 Å². The molecule has 4 rings (SSSR count). The highest BCUT2D eigenvalue weighted by Crippen LogP contribution is 2.30. The Labute approximate surface area is 218 Å². The van der Waals surface area contributed by atoms with Gasteiger partial charge in [0, 0.05) is 12.7 Å². The second-order valence-corrected chi connectivity index (χ2v) is 11.4. The van der Waals surface area contributed by atoms with E-state index in [9.17, 15) is 13.2 Å². The van der Waals surface area contributed by atoms with Gasteiger partial charge in [-0.2, -0.15) is 0 Å². The van der Waals surface area contributed by atoms with Gasteiger partial charge in [-0.25, -0.2) is 8.42 Å². The van der Waals surface area contributed by atoms with Gasteiger partial charge in [0.15, 0.2) is 9.84 Å². The lowest BCUT2D eigenvalue weighted by molar-refractivity contribution is 0.0339. The van der Waals surface area contributed by atoms with E-state index in [1.54, 1.807) is 42.3 Å². The molecule has 0 bridgehead atoms. The monoisotopic (exact) mass is 523 g/mol. The van der Waals surface area contributed by atoms with Crippen LogP contribution >= 0.6 is 0 Å². The summed E-state index contributed by atoms with van der Waals surface area (Å²) in [6.45, 7) is 6.54. The van der Waals surface area contributed by atoms with E-state index in [1.165, 1.54) is 7.11 Å². The van der Waals surface area contributed by atoms with Gasteiger partial charge in [-0.05, 0) is 67.8 Å². The van der Waals surface area contributed by atoms with E-state index in [1.807, 2.05) is 51.1 Å². The predicted octanol–water partition coefficient (Wildman–Crippen LogP) is 4.51. The van der Waals surface area contributed by atoms with Crippen molar-refractivity contribution in [3.05, 3.63) is 88.5 Å². The summed E-state index contributed by atoms with van der Waals surface area (Å²) in [5, 5.41) is 0. The summed E-state index contributed by atoms with van der Waals surface area (Å²) in [7, 11) is -0.595. The van der Waals surface area contributed by atoms with Gasteiger partial charge >= 0.3 is 0 Å². The van der Waals surface area contributed by atoms with E-state index in [-0.39, 0.29) is 28.8 Å². The van der Waals surface area contributed by atoms with Gasteiger partial charge in [0.1, 0.15) is 28.6 Å². The van der Waals surface area contributed by atoms with Crippen molar-refractivity contribution >= 4 is 15.7 Å². The van der Waals surface area contributed by atoms with Gasteiger partial charge in [-0.15, -0.1) is 0 Å². The van der Waals surface area contributed by atoms with Crippen LogP contribution in [0.1, 0.15) is 32.6 Å². The summed E-state index contributed by atoms with van der Waals surface area (Å²) in [6, 6.07) is 17.9. The average Bonchev–Trinajstić information content (AvgIpc) is 3.29. The van der Waals surface area contributed by atoms with Crippen LogP contribution in [0, 0.1) is 20.8 Å². The molecule has 37 heavy (non-hydrogen) atoms. The first-order chi connectivity index (χ1) is 17.6. The number of carbonyl (C=O) groups is 1. The summed E-state index contributed by atoms with van der Waals surface area (Å²) in [5.74, 6) is 0.604. The predicted molar refractivity (Wildman–Crippen MR) is 142 cm³/mol. The largest absolute Gasteiger partial charge is 0.495 e. The lowest BCUT2D eigenvalue weighted by Gasteiger charge is -2.20. The third-order valence-corrected chi connectivity index (χ3v) is 8.48. The molecule has 1 heterocycles. The summed E-state index contributed by atoms with van der Waals surface area (Å²) < 4.78 is 43.6. The van der Waals surface area contributed by atoms with Crippen molar-refractivity contribution < 1.29 is 27.4 Å². The number of hydrogen-bond donors (Lipinski definition) is 0. The van der Waals surface area contributed by atoms with Crippen molar-refractivity contribution in [3.8, 4) is 11.5 Å². The fraction of sp³-hybridized carbons (Fsp3) is 0.345. The smallest absolute Gasteiger partial charge is 0.254 e. The molecule has 0 radical (unpaired) electrons. The standard InChI is InChI=1S/C29H33NO6S/c1-19-10-11-21(3)24(14-19)29(31)30-16-26(35-5)27(17-30)36-23-13-12-20(2)22(15-23)18-37(32,33)28-9-7-6-8-25(28)34-4/h6-15,26-27H,16-18H2,1-5H3. The van der Waals surface area contributed by atoms with Gasteiger partial charge in [0.2, 0.25) is 0 Å². The first-order valence-electron chi connectivity index (χ1n) is 12.1. The maximum absolute atomic E-state index is 13.3. The number of para-hydroxylation sites is 1. The van der Waals surface area contributed by atoms with Crippen LogP contribution in [0.5, 0.6) is 11.5 Å². The maximum Gasteiger partial charge on any atom is 0.254 e. The number of rotatable bonds is 8. The lowest BCUT2D eigenvalue weighted by Crippen LogP contribution is -2.32. The molecule has 0 spiro atoms. The second-order valence-electron chi connectivity index (χ2n) is 9.46. The van der Waals surface area contributed by atoms with E-state index >= 15 is 0 Å². The molecule has 0 aliphatic carbocycles. The summed E-state index contributed by atoms with van der Waals surface area (Å²) in [5.41, 5.74) is 4.11. The minimum Gasteiger partial charge on any atom is -0.495 e. The number of nitrogens with zero attached hydrogens (tertiary/aromatic N) is 1. The normalized spacial score (nSPS) is 17.6. The average molecular weight is 524 g/mol. The Morgan fingerprint density at radius 2 is 1.62 bits per heavy atom. The fourth-order valence-electron chi connectivity index (χ4n) is 4.60. The molecule has 1 aliphatic rings. The Bertz CT molecular complexity index is 1400. The zero-order chi connectivity index (χ0) is 26.7. The van der Waals surface area contributed by atoms with Crippen LogP contribution in [-0.4, -0.2) is 58.7 Å². The number of sulfone groups is 1. The Morgan fingerprint density at radius 1 is 0.919 bits per heavy atom. The molecule has 1 aliphatic heterocycles. The van der Waals surface area contributed by atoms with Crippen LogP contribution in [0.4, 0.5) is 0 Å². The molecule has 0 N–H and O–H groups in total. The lowest BCUT2D eigenvalue weighted by atomic mass is 10.0. The van der Waals surface area contributed by atoms with Crippen molar-refractivity contribution in [1.29, 1.82) is 0 Å². The molecular formula is C29H33NO6S. The van der Waals surface area contributed by atoms with Crippen LogP contribution in [0.3, 0.4) is 0 Å². The molecule has 2 atom stereocenters. The van der Waals surface area contributed by atoms with Crippen LogP contribution in [0.2, 0.25) is 0 Å². The zero-order valence-electron chi connectivity index (χ0n) is 21.9. The molecule has 1 saturated heterocycles. The first-order valence-corrected chi connectivity index (χ1v) is 13.8. The highest BCUT2D eigenvalue weighted by Gasteiger charge is 2.38. The number of hydrogen-bond acceptors (Lipinski definition) is 6. The third kappa shape index (κ3) is 5.81. The van der Waals surface area contributed by atoms with Crippen molar-refractivity contribution in [2.75, 3.05) is 27.3 Å². The molecule has 0 saturated carbocycles. The molecule has 3 aromatic carbocycles. The van der Waals surface area contributed by atoms with Crippen LogP contribution < -0.4 is 9.47 Å². The first kappa shape index (κ1) is 26.7. The Balaban J connectivity index is 1.53. The minimum absolute atomic E-state index is 0.0538. The number of aryl methyl sites for hydroxylation is 3. The Hall–Kier alpha value is -3.36. The maximum atomic E-state index is 13.3. The number of benzene rings is 3. The van der Waals surface area contributed by atoms with Gasteiger partial charge in [-0.3, -0.25) is 4.79 Å². The molecule has 2 unspecified atom stereocenters. The van der Waals surface area contributed by atoms with Crippen molar-refractivity contribution in [1.82, 2.24) is 4.90 Å². The summed E-state index contributed by atoms with van der Waals surface area (Å²) >= 11 is 0. The summed E-state index contributed by atoms with van der Waals surface area (Å²) in [6.07, 6.45) is -0.698. The zero-order valence-corrected chi connectivity index (χ0v) is 22.7. The molecule has 3 aromatic rings. The highest BCUT2D eigenvalue weighted by molar-refractivity contribution is 7.90. The minimum atomic E-state index is -3.65. The third-order valence-electron chi connectivity index (χ3n) is 6.79. The van der Waals surface area contributed by atoms with Crippen molar-refractivity contribution in [3.63, 3.8) is 0 Å². The second kappa shape index (κ2) is 10.9. The Kier molecular flexibility index (Phi) is 7.90. The number of carbonyl (C=O) groups excluding carboxylic acids is 1. The van der Waals surface area contributed by atoms with E-state index < -0.39 is 9.84 Å². The molecule has 1 fully saturated rings. The van der Waals surface area contributed by atoms with Crippen LogP contribution in [0.15, 0.2) is 65.6 Å². The van der Waals surface area contributed by atoms with Gasteiger partial charge < -0.3 is 19.1 Å². The topological polar surface area (TPSA) is 82.1 Å². The number of ether oxygens (including phenoxy) is 3.